The van der Waals surface area contributed by atoms with Gasteiger partial charge >= 0.3 is 0 Å². The van der Waals surface area contributed by atoms with Gasteiger partial charge in [-0.1, -0.05) is 44.4 Å². The van der Waals surface area contributed by atoms with E-state index in [-0.39, 0.29) is 11.9 Å². The average Bonchev–Trinajstić information content (AvgIpc) is 3.11. The third-order valence-corrected chi connectivity index (χ3v) is 5.66. The highest BCUT2D eigenvalue weighted by Gasteiger charge is 2.42. The van der Waals surface area contributed by atoms with Crippen LogP contribution in [0.4, 0.5) is 0 Å². The van der Waals surface area contributed by atoms with Crippen molar-refractivity contribution < 1.29 is 4.79 Å². The minimum atomic E-state index is -0.146. The van der Waals surface area contributed by atoms with Crippen molar-refractivity contribution >= 4 is 23.3 Å². The zero-order valence-electron chi connectivity index (χ0n) is 15.6. The van der Waals surface area contributed by atoms with Crippen molar-refractivity contribution in [3.8, 4) is 0 Å². The number of piperazine rings is 1. The molecule has 1 heterocycles. The molecule has 1 aliphatic heterocycles. The van der Waals surface area contributed by atoms with E-state index < -0.39 is 0 Å². The molecule has 1 atom stereocenters. The highest BCUT2D eigenvalue weighted by atomic mass is 35.5. The number of carbonyl (C=O) groups is 1. The molecule has 24 heavy (non-hydrogen) atoms. The molecule has 1 saturated carbocycles. The van der Waals surface area contributed by atoms with E-state index >= 15 is 0 Å². The summed E-state index contributed by atoms with van der Waals surface area (Å²) in [6.07, 6.45) is 8.31. The molecule has 2 aliphatic rings. The SMILES string of the molecule is CC=C1C(=NC(Cl)=C(C)CC)N(C2CCCC2)C(CC)C(=O)N1C. The van der Waals surface area contributed by atoms with Crippen molar-refractivity contribution in [1.82, 2.24) is 9.80 Å². The predicted molar refractivity (Wildman–Crippen MR) is 101 cm³/mol. The minimum Gasteiger partial charge on any atom is -0.340 e. The van der Waals surface area contributed by atoms with Gasteiger partial charge in [0.2, 0.25) is 5.91 Å². The number of hydrogen-bond acceptors (Lipinski definition) is 2. The number of halogens is 1. The molecule has 0 N–H and O–H groups in total. The standard InChI is InChI=1S/C19H30ClN3O/c1-6-13(4)17(20)21-18-15(7-2)22(5)19(24)16(8-3)23(18)14-11-9-10-12-14/h7,14,16H,6,8-12H2,1-5H3. The fourth-order valence-corrected chi connectivity index (χ4v) is 3.86. The first-order chi connectivity index (χ1) is 11.5. The Balaban J connectivity index is 2.57. The summed E-state index contributed by atoms with van der Waals surface area (Å²) in [5.74, 6) is 1.01. The van der Waals surface area contributed by atoms with Crippen LogP contribution in [0.1, 0.15) is 66.2 Å². The predicted octanol–water partition coefficient (Wildman–Crippen LogP) is 4.66. The maximum absolute atomic E-state index is 12.9. The molecule has 134 valence electrons. The molecule has 0 radical (unpaired) electrons. The van der Waals surface area contributed by atoms with Crippen LogP contribution in [-0.2, 0) is 4.79 Å². The van der Waals surface area contributed by atoms with Crippen molar-refractivity contribution in [3.63, 3.8) is 0 Å². The van der Waals surface area contributed by atoms with Gasteiger partial charge in [-0.3, -0.25) is 4.79 Å². The Labute approximate surface area is 151 Å². The summed E-state index contributed by atoms with van der Waals surface area (Å²) in [6, 6.07) is 0.236. The normalized spacial score (nSPS) is 27.4. The lowest BCUT2D eigenvalue weighted by Gasteiger charge is -2.45. The highest BCUT2D eigenvalue weighted by molar-refractivity contribution is 6.30. The third-order valence-electron chi connectivity index (χ3n) is 5.25. The van der Waals surface area contributed by atoms with Crippen LogP contribution in [-0.4, -0.2) is 40.7 Å². The number of likely N-dealkylation sites (N-methyl/N-ethyl adjacent to an activating group) is 1. The first-order valence-corrected chi connectivity index (χ1v) is 9.50. The topological polar surface area (TPSA) is 35.9 Å². The van der Waals surface area contributed by atoms with Crippen LogP contribution in [0.15, 0.2) is 27.5 Å². The molecule has 4 nitrogen and oxygen atoms in total. The van der Waals surface area contributed by atoms with Crippen LogP contribution in [0.3, 0.4) is 0 Å². The van der Waals surface area contributed by atoms with E-state index in [9.17, 15) is 4.79 Å². The van der Waals surface area contributed by atoms with Gasteiger partial charge in [-0.25, -0.2) is 4.99 Å². The molecule has 1 amide bonds. The van der Waals surface area contributed by atoms with Gasteiger partial charge in [0.1, 0.15) is 11.2 Å². The van der Waals surface area contributed by atoms with E-state index in [0.29, 0.717) is 11.2 Å². The van der Waals surface area contributed by atoms with Crippen molar-refractivity contribution in [3.05, 3.63) is 22.5 Å². The molecule has 0 aromatic heterocycles. The summed E-state index contributed by atoms with van der Waals surface area (Å²) < 4.78 is 0. The van der Waals surface area contributed by atoms with Crippen molar-refractivity contribution in [2.24, 2.45) is 4.99 Å². The Morgan fingerprint density at radius 3 is 2.46 bits per heavy atom. The number of amides is 1. The van der Waals surface area contributed by atoms with E-state index in [4.69, 9.17) is 16.6 Å². The summed E-state index contributed by atoms with van der Waals surface area (Å²) in [5.41, 5.74) is 1.93. The molecule has 0 spiro atoms. The van der Waals surface area contributed by atoms with Gasteiger partial charge < -0.3 is 9.80 Å². The van der Waals surface area contributed by atoms with E-state index in [2.05, 4.69) is 18.7 Å². The molecular weight excluding hydrogens is 322 g/mol. The summed E-state index contributed by atoms with van der Waals surface area (Å²) in [6.45, 7) is 8.12. The molecule has 5 heteroatoms. The minimum absolute atomic E-state index is 0.146. The summed E-state index contributed by atoms with van der Waals surface area (Å²) in [7, 11) is 1.84. The van der Waals surface area contributed by atoms with Crippen molar-refractivity contribution in [2.75, 3.05) is 7.05 Å². The second-order valence-electron chi connectivity index (χ2n) is 6.70. The quantitative estimate of drug-likeness (QED) is 0.690. The Morgan fingerprint density at radius 2 is 1.96 bits per heavy atom. The van der Waals surface area contributed by atoms with Gasteiger partial charge in [0.05, 0.1) is 5.70 Å². The fraction of sp³-hybridized carbons (Fsp3) is 0.684. The lowest BCUT2D eigenvalue weighted by molar-refractivity contribution is -0.134. The molecular formula is C19H30ClN3O. The Hall–Kier alpha value is -1.29. The van der Waals surface area contributed by atoms with Crippen LogP contribution in [0.5, 0.6) is 0 Å². The zero-order valence-corrected chi connectivity index (χ0v) is 16.4. The van der Waals surface area contributed by atoms with Gasteiger partial charge in [0.15, 0.2) is 5.84 Å². The maximum Gasteiger partial charge on any atom is 0.249 e. The van der Waals surface area contributed by atoms with E-state index in [1.165, 1.54) is 12.8 Å². The number of hydrogen-bond donors (Lipinski definition) is 0. The second kappa shape index (κ2) is 8.19. The summed E-state index contributed by atoms with van der Waals surface area (Å²) in [5, 5.41) is 0.549. The van der Waals surface area contributed by atoms with Crippen molar-refractivity contribution in [2.45, 2.75) is 78.3 Å². The van der Waals surface area contributed by atoms with Crippen LogP contribution in [0, 0.1) is 0 Å². The number of rotatable bonds is 4. The molecule has 2 rings (SSSR count). The number of carbonyl (C=O) groups excluding carboxylic acids is 1. The van der Waals surface area contributed by atoms with Crippen LogP contribution < -0.4 is 0 Å². The van der Waals surface area contributed by atoms with Gasteiger partial charge in [-0.2, -0.15) is 0 Å². The summed E-state index contributed by atoms with van der Waals surface area (Å²) in [4.78, 5) is 21.7. The van der Waals surface area contributed by atoms with Gasteiger partial charge in [-0.15, -0.1) is 0 Å². The summed E-state index contributed by atoms with van der Waals surface area (Å²) >= 11 is 6.47. The Bertz CT molecular complexity index is 573. The van der Waals surface area contributed by atoms with Gasteiger partial charge in [0.25, 0.3) is 0 Å². The lowest BCUT2D eigenvalue weighted by atomic mass is 10.0. The van der Waals surface area contributed by atoms with Crippen LogP contribution in [0.25, 0.3) is 0 Å². The molecule has 0 bridgehead atoms. The fourth-order valence-electron chi connectivity index (χ4n) is 3.64. The van der Waals surface area contributed by atoms with Gasteiger partial charge in [-0.05, 0) is 45.1 Å². The molecule has 0 aromatic rings. The molecule has 1 unspecified atom stereocenters. The molecule has 2 fully saturated rings. The third kappa shape index (κ3) is 3.53. The number of nitrogens with zero attached hydrogens (tertiary/aromatic N) is 3. The number of amidine groups is 1. The number of aliphatic imine (C=N–C) groups is 1. The van der Waals surface area contributed by atoms with Crippen molar-refractivity contribution in [1.29, 1.82) is 0 Å². The smallest absolute Gasteiger partial charge is 0.249 e. The van der Waals surface area contributed by atoms with Gasteiger partial charge in [0, 0.05) is 13.1 Å². The highest BCUT2D eigenvalue weighted by Crippen LogP contribution is 2.33. The molecule has 0 aromatic carbocycles. The van der Waals surface area contributed by atoms with E-state index in [0.717, 1.165) is 42.8 Å². The van der Waals surface area contributed by atoms with Crippen LogP contribution >= 0.6 is 11.6 Å². The van der Waals surface area contributed by atoms with Crippen LogP contribution in [0.2, 0.25) is 0 Å². The average molecular weight is 352 g/mol. The zero-order chi connectivity index (χ0) is 17.9. The van der Waals surface area contributed by atoms with E-state index in [1.807, 2.05) is 27.0 Å². The Morgan fingerprint density at radius 1 is 1.33 bits per heavy atom. The largest absolute Gasteiger partial charge is 0.340 e. The lowest BCUT2D eigenvalue weighted by Crippen LogP contribution is -2.60. The molecule has 1 aliphatic carbocycles. The second-order valence-corrected chi connectivity index (χ2v) is 7.06. The van der Waals surface area contributed by atoms with E-state index in [1.54, 1.807) is 4.90 Å². The monoisotopic (exact) mass is 351 g/mol. The number of allylic oxidation sites excluding steroid dienone is 2. The Kier molecular flexibility index (Phi) is 6.50. The first-order valence-electron chi connectivity index (χ1n) is 9.12. The maximum atomic E-state index is 12.9. The molecule has 1 saturated heterocycles. The first kappa shape index (κ1) is 19.0.